The van der Waals surface area contributed by atoms with E-state index in [1.54, 1.807) is 0 Å². The molecule has 1 aliphatic heterocycles. The lowest BCUT2D eigenvalue weighted by Gasteiger charge is -2.38. The summed E-state index contributed by atoms with van der Waals surface area (Å²) in [5.41, 5.74) is 4.10. The molecule has 8 nitrogen and oxygen atoms in total. The van der Waals surface area contributed by atoms with Crippen molar-refractivity contribution in [1.82, 2.24) is 4.90 Å². The minimum Gasteiger partial charge on any atom is -0.447 e. The van der Waals surface area contributed by atoms with Gasteiger partial charge in [-0.25, -0.2) is 9.69 Å². The van der Waals surface area contributed by atoms with Gasteiger partial charge in [0.25, 0.3) is 0 Å². The molecule has 0 saturated carbocycles. The number of rotatable bonds is 20. The SMILES string of the molecule is CC(C)(C)[Si](C)(C)OCC[C@@H](OCc1ccccc1)[C@H](OCc1ccccc1)[C@H](CCC(=O)N1C(=O)OC[C@@H]1Cc1ccccc1)OCc1ccccc1. The number of benzene rings is 4. The van der Waals surface area contributed by atoms with E-state index in [0.717, 1.165) is 22.3 Å². The molecule has 0 unspecified atom stereocenters. The first-order valence-electron chi connectivity index (χ1n) is 19.1. The molecule has 2 amide bonds. The number of carbonyl (C=O) groups excluding carboxylic acids is 2. The van der Waals surface area contributed by atoms with Crippen LogP contribution in [0.1, 0.15) is 62.3 Å². The van der Waals surface area contributed by atoms with Crippen LogP contribution in [0, 0.1) is 0 Å². The average Bonchev–Trinajstić information content (AvgIpc) is 3.54. The summed E-state index contributed by atoms with van der Waals surface area (Å²) >= 11 is 0. The van der Waals surface area contributed by atoms with E-state index < -0.39 is 32.7 Å². The van der Waals surface area contributed by atoms with Gasteiger partial charge in [-0.2, -0.15) is 0 Å². The fourth-order valence-electron chi connectivity index (χ4n) is 6.30. The van der Waals surface area contributed by atoms with Gasteiger partial charge in [-0.3, -0.25) is 4.79 Å². The van der Waals surface area contributed by atoms with Gasteiger partial charge >= 0.3 is 6.09 Å². The molecule has 5 rings (SSSR count). The standard InChI is InChI=1S/C45H57NO7Si/c1-45(2,3)54(4,5)53-29-28-41(50-32-37-22-14-8-15-23-37)43(51-33-38-24-16-9-17-25-38)40(49-31-36-20-12-7-13-21-36)26-27-42(47)46-39(34-52-44(46)48)30-35-18-10-6-11-19-35/h6-25,39-41,43H,26-34H2,1-5H3/t39-,40-,41+,43+/m0/s1. The van der Waals surface area contributed by atoms with Crippen LogP contribution < -0.4 is 0 Å². The molecule has 0 radical (unpaired) electrons. The minimum absolute atomic E-state index is 0.0490. The summed E-state index contributed by atoms with van der Waals surface area (Å²) in [5.74, 6) is -0.295. The van der Waals surface area contributed by atoms with Gasteiger partial charge < -0.3 is 23.4 Å². The monoisotopic (exact) mass is 751 g/mol. The molecule has 9 heteroatoms. The second-order valence-electron chi connectivity index (χ2n) is 15.6. The first-order chi connectivity index (χ1) is 26.0. The average molecular weight is 752 g/mol. The van der Waals surface area contributed by atoms with Gasteiger partial charge in [0, 0.05) is 13.0 Å². The van der Waals surface area contributed by atoms with E-state index in [9.17, 15) is 9.59 Å². The minimum atomic E-state index is -2.06. The highest BCUT2D eigenvalue weighted by Crippen LogP contribution is 2.37. The molecule has 0 aromatic heterocycles. The fraction of sp³-hybridized carbons (Fsp3) is 0.422. The lowest BCUT2D eigenvalue weighted by Crippen LogP contribution is -2.46. The fourth-order valence-corrected chi connectivity index (χ4v) is 7.36. The molecular weight excluding hydrogens is 695 g/mol. The zero-order chi connectivity index (χ0) is 38.4. The Morgan fingerprint density at radius 3 is 1.63 bits per heavy atom. The Hall–Kier alpha value is -4.12. The molecule has 4 aromatic carbocycles. The molecule has 1 heterocycles. The van der Waals surface area contributed by atoms with Crippen LogP contribution in [-0.4, -0.2) is 62.8 Å². The van der Waals surface area contributed by atoms with Gasteiger partial charge in [0.2, 0.25) is 5.91 Å². The molecule has 4 atom stereocenters. The van der Waals surface area contributed by atoms with Crippen LogP contribution in [-0.2, 0) is 54.4 Å². The first-order valence-corrected chi connectivity index (χ1v) is 22.0. The third kappa shape index (κ3) is 12.2. The maximum Gasteiger partial charge on any atom is 0.416 e. The summed E-state index contributed by atoms with van der Waals surface area (Å²) in [6.45, 7) is 12.9. The van der Waals surface area contributed by atoms with Crippen LogP contribution in [0.3, 0.4) is 0 Å². The zero-order valence-electron chi connectivity index (χ0n) is 32.5. The predicted octanol–water partition coefficient (Wildman–Crippen LogP) is 9.52. The Kier molecular flexibility index (Phi) is 15.2. The number of cyclic esters (lactones) is 1. The Morgan fingerprint density at radius 2 is 1.15 bits per heavy atom. The molecular formula is C45H57NO7Si. The number of imide groups is 1. The number of hydrogen-bond acceptors (Lipinski definition) is 7. The molecule has 1 fully saturated rings. The Balaban J connectivity index is 1.42. The van der Waals surface area contributed by atoms with Crippen molar-refractivity contribution < 1.29 is 33.0 Å². The maximum absolute atomic E-state index is 14.0. The topological polar surface area (TPSA) is 83.5 Å². The quantitative estimate of drug-likeness (QED) is 0.0833. The summed E-state index contributed by atoms with van der Waals surface area (Å²) in [5, 5.41) is 0.0490. The van der Waals surface area contributed by atoms with Crippen LogP contribution in [0.2, 0.25) is 18.1 Å². The van der Waals surface area contributed by atoms with Gasteiger partial charge in [0.05, 0.1) is 38.1 Å². The molecule has 0 spiro atoms. The molecule has 288 valence electrons. The molecule has 54 heavy (non-hydrogen) atoms. The predicted molar refractivity (Wildman–Crippen MR) is 214 cm³/mol. The Morgan fingerprint density at radius 1 is 0.704 bits per heavy atom. The van der Waals surface area contributed by atoms with Crippen LogP contribution in [0.5, 0.6) is 0 Å². The third-order valence-electron chi connectivity index (χ3n) is 10.5. The van der Waals surface area contributed by atoms with Gasteiger partial charge in [-0.15, -0.1) is 0 Å². The zero-order valence-corrected chi connectivity index (χ0v) is 33.5. The maximum atomic E-state index is 14.0. The smallest absolute Gasteiger partial charge is 0.416 e. The van der Waals surface area contributed by atoms with Gasteiger partial charge in [-0.05, 0) is 59.6 Å². The number of ether oxygens (including phenoxy) is 4. The van der Waals surface area contributed by atoms with E-state index in [0.29, 0.717) is 45.7 Å². The number of carbonyl (C=O) groups is 2. The summed E-state index contributed by atoms with van der Waals surface area (Å²) in [7, 11) is -2.06. The second-order valence-corrected chi connectivity index (χ2v) is 20.4. The van der Waals surface area contributed by atoms with Crippen LogP contribution in [0.25, 0.3) is 0 Å². The summed E-state index contributed by atoms with van der Waals surface area (Å²) < 4.78 is 32.5. The molecule has 1 aliphatic rings. The van der Waals surface area contributed by atoms with Crippen LogP contribution in [0.15, 0.2) is 121 Å². The van der Waals surface area contributed by atoms with Crippen LogP contribution in [0.4, 0.5) is 4.79 Å². The van der Waals surface area contributed by atoms with Gasteiger partial charge in [0.1, 0.15) is 12.7 Å². The normalized spacial score (nSPS) is 16.5. The van der Waals surface area contributed by atoms with Crippen molar-refractivity contribution in [3.8, 4) is 0 Å². The van der Waals surface area contributed by atoms with E-state index in [2.05, 4.69) is 33.9 Å². The third-order valence-corrected chi connectivity index (χ3v) is 15.0. The second kappa shape index (κ2) is 20.0. The summed E-state index contributed by atoms with van der Waals surface area (Å²) in [6.07, 6.45) is -0.702. The van der Waals surface area contributed by atoms with Crippen molar-refractivity contribution in [3.63, 3.8) is 0 Å². The molecule has 1 saturated heterocycles. The highest BCUT2D eigenvalue weighted by molar-refractivity contribution is 6.74. The lowest BCUT2D eigenvalue weighted by molar-refractivity contribution is -0.159. The highest BCUT2D eigenvalue weighted by atomic mass is 28.4. The Bertz CT molecular complexity index is 1700. The number of amides is 2. The summed E-state index contributed by atoms with van der Waals surface area (Å²) in [6, 6.07) is 39.6. The van der Waals surface area contributed by atoms with Crippen molar-refractivity contribution >= 4 is 20.3 Å². The van der Waals surface area contributed by atoms with Crippen molar-refractivity contribution in [3.05, 3.63) is 144 Å². The van der Waals surface area contributed by atoms with Gasteiger partial charge in [-0.1, -0.05) is 142 Å². The van der Waals surface area contributed by atoms with E-state index >= 15 is 0 Å². The molecule has 0 N–H and O–H groups in total. The van der Waals surface area contributed by atoms with E-state index in [4.69, 9.17) is 23.4 Å². The van der Waals surface area contributed by atoms with Crippen molar-refractivity contribution in [1.29, 1.82) is 0 Å². The van der Waals surface area contributed by atoms with Crippen molar-refractivity contribution in [2.24, 2.45) is 0 Å². The number of hydrogen-bond donors (Lipinski definition) is 0. The highest BCUT2D eigenvalue weighted by Gasteiger charge is 2.40. The largest absolute Gasteiger partial charge is 0.447 e. The molecule has 0 bridgehead atoms. The summed E-state index contributed by atoms with van der Waals surface area (Å²) in [4.78, 5) is 28.2. The molecule has 4 aromatic rings. The van der Waals surface area contributed by atoms with Crippen molar-refractivity contribution in [2.45, 2.75) is 109 Å². The van der Waals surface area contributed by atoms with Crippen LogP contribution >= 0.6 is 0 Å². The number of nitrogens with zero attached hydrogens (tertiary/aromatic N) is 1. The van der Waals surface area contributed by atoms with E-state index in [1.807, 2.05) is 121 Å². The lowest BCUT2D eigenvalue weighted by atomic mass is 9.99. The molecule has 0 aliphatic carbocycles. The Labute approximate surface area is 322 Å². The first kappa shape index (κ1) is 41.0. The van der Waals surface area contributed by atoms with Crippen molar-refractivity contribution in [2.75, 3.05) is 13.2 Å². The van der Waals surface area contributed by atoms with Gasteiger partial charge in [0.15, 0.2) is 8.32 Å². The van der Waals surface area contributed by atoms with E-state index in [-0.39, 0.29) is 30.0 Å². The van der Waals surface area contributed by atoms with E-state index in [1.165, 1.54) is 4.90 Å².